The Kier molecular flexibility index (Phi) is 2.65. The van der Waals surface area contributed by atoms with Crippen molar-refractivity contribution in [3.8, 4) is 17.2 Å². The van der Waals surface area contributed by atoms with Crippen LogP contribution >= 0.6 is 0 Å². The fourth-order valence-corrected chi connectivity index (χ4v) is 1.47. The van der Waals surface area contributed by atoms with E-state index in [-0.39, 0.29) is 5.56 Å². The average Bonchev–Trinajstić information content (AvgIpc) is 2.32. The molecule has 2 aromatic rings. The Morgan fingerprint density at radius 3 is 2.56 bits per heavy atom. The summed E-state index contributed by atoms with van der Waals surface area (Å²) >= 11 is 0. The van der Waals surface area contributed by atoms with Crippen LogP contribution in [-0.4, -0.2) is 0 Å². The molecule has 0 heterocycles. The van der Waals surface area contributed by atoms with E-state index in [1.807, 2.05) is 6.07 Å². The van der Waals surface area contributed by atoms with Crippen LogP contribution in [0.1, 0.15) is 5.56 Å². The first-order valence-corrected chi connectivity index (χ1v) is 4.66. The van der Waals surface area contributed by atoms with Crippen LogP contribution in [0.15, 0.2) is 42.5 Å². The molecular formula is C13H7F2N. The van der Waals surface area contributed by atoms with Gasteiger partial charge in [-0.15, -0.1) is 0 Å². The summed E-state index contributed by atoms with van der Waals surface area (Å²) in [4.78, 5) is 0. The number of hydrogen-bond acceptors (Lipinski definition) is 1. The second kappa shape index (κ2) is 4.11. The standard InChI is InChI=1S/C13H7F2N/c14-11-4-5-13(15)12(7-11)10-3-1-2-9(6-10)8-16/h1-7H. The maximum absolute atomic E-state index is 13.4. The smallest absolute Gasteiger partial charge is 0.131 e. The van der Waals surface area contributed by atoms with Gasteiger partial charge in [0.15, 0.2) is 0 Å². The lowest BCUT2D eigenvalue weighted by Gasteiger charge is -2.03. The van der Waals surface area contributed by atoms with Crippen molar-refractivity contribution in [2.75, 3.05) is 0 Å². The topological polar surface area (TPSA) is 23.8 Å². The van der Waals surface area contributed by atoms with Gasteiger partial charge in [-0.1, -0.05) is 12.1 Å². The minimum atomic E-state index is -0.503. The van der Waals surface area contributed by atoms with Crippen molar-refractivity contribution in [2.45, 2.75) is 0 Å². The molecule has 0 atom stereocenters. The lowest BCUT2D eigenvalue weighted by atomic mass is 10.0. The highest BCUT2D eigenvalue weighted by Crippen LogP contribution is 2.24. The normalized spacial score (nSPS) is 9.81. The molecule has 0 amide bonds. The summed E-state index contributed by atoms with van der Waals surface area (Å²) < 4.78 is 26.4. The molecule has 0 aromatic heterocycles. The highest BCUT2D eigenvalue weighted by Gasteiger charge is 2.06. The van der Waals surface area contributed by atoms with Crippen LogP contribution in [0.3, 0.4) is 0 Å². The van der Waals surface area contributed by atoms with Crippen LogP contribution in [0.4, 0.5) is 8.78 Å². The SMILES string of the molecule is N#Cc1cccc(-c2cc(F)ccc2F)c1. The summed E-state index contributed by atoms with van der Waals surface area (Å²) in [6.07, 6.45) is 0. The van der Waals surface area contributed by atoms with Gasteiger partial charge in [0, 0.05) is 5.56 Å². The van der Waals surface area contributed by atoms with Crippen LogP contribution in [0.5, 0.6) is 0 Å². The van der Waals surface area contributed by atoms with Gasteiger partial charge in [-0.25, -0.2) is 8.78 Å². The Hall–Kier alpha value is -2.21. The molecule has 0 unspecified atom stereocenters. The molecule has 0 saturated carbocycles. The van der Waals surface area contributed by atoms with Crippen LogP contribution in [0, 0.1) is 23.0 Å². The van der Waals surface area contributed by atoms with E-state index in [1.165, 1.54) is 6.07 Å². The van der Waals surface area contributed by atoms with Crippen molar-refractivity contribution in [2.24, 2.45) is 0 Å². The molecule has 0 aliphatic heterocycles. The third-order valence-corrected chi connectivity index (χ3v) is 2.23. The Balaban J connectivity index is 2.58. The van der Waals surface area contributed by atoms with E-state index in [0.717, 1.165) is 18.2 Å². The summed E-state index contributed by atoms with van der Waals surface area (Å²) in [7, 11) is 0. The van der Waals surface area contributed by atoms with Crippen molar-refractivity contribution in [3.63, 3.8) is 0 Å². The van der Waals surface area contributed by atoms with E-state index in [2.05, 4.69) is 0 Å². The summed E-state index contributed by atoms with van der Waals surface area (Å²) in [5.41, 5.74) is 1.08. The Morgan fingerprint density at radius 2 is 1.81 bits per heavy atom. The molecule has 0 saturated heterocycles. The van der Waals surface area contributed by atoms with Gasteiger partial charge in [0.05, 0.1) is 11.6 Å². The average molecular weight is 215 g/mol. The first-order chi connectivity index (χ1) is 7.70. The van der Waals surface area contributed by atoms with Crippen LogP contribution in [0.25, 0.3) is 11.1 Å². The number of benzene rings is 2. The van der Waals surface area contributed by atoms with Crippen molar-refractivity contribution >= 4 is 0 Å². The summed E-state index contributed by atoms with van der Waals surface area (Å²) in [6, 6.07) is 11.6. The van der Waals surface area contributed by atoms with Crippen molar-refractivity contribution in [1.29, 1.82) is 5.26 Å². The van der Waals surface area contributed by atoms with Gasteiger partial charge in [-0.2, -0.15) is 5.26 Å². The van der Waals surface area contributed by atoms with Crippen molar-refractivity contribution in [1.82, 2.24) is 0 Å². The zero-order valence-corrected chi connectivity index (χ0v) is 8.24. The lowest BCUT2D eigenvalue weighted by Crippen LogP contribution is -1.87. The van der Waals surface area contributed by atoms with Gasteiger partial charge in [-0.3, -0.25) is 0 Å². The molecule has 2 rings (SSSR count). The molecule has 0 bridgehead atoms. The van der Waals surface area contributed by atoms with E-state index in [1.54, 1.807) is 18.2 Å². The molecular weight excluding hydrogens is 208 g/mol. The van der Waals surface area contributed by atoms with E-state index in [9.17, 15) is 8.78 Å². The molecule has 3 heteroatoms. The van der Waals surface area contributed by atoms with Crippen molar-refractivity contribution < 1.29 is 8.78 Å². The second-order valence-corrected chi connectivity index (χ2v) is 3.32. The largest absolute Gasteiger partial charge is 0.207 e. The predicted octanol–water partition coefficient (Wildman–Crippen LogP) is 3.50. The van der Waals surface area contributed by atoms with E-state index in [0.29, 0.717) is 11.1 Å². The summed E-state index contributed by atoms with van der Waals surface area (Å²) in [5.74, 6) is -1.00. The zero-order chi connectivity index (χ0) is 11.5. The number of hydrogen-bond donors (Lipinski definition) is 0. The molecule has 0 aliphatic rings. The first-order valence-electron chi connectivity index (χ1n) is 4.66. The molecule has 0 N–H and O–H groups in total. The molecule has 78 valence electrons. The fourth-order valence-electron chi connectivity index (χ4n) is 1.47. The number of halogens is 2. The van der Waals surface area contributed by atoms with Gasteiger partial charge in [0.2, 0.25) is 0 Å². The number of rotatable bonds is 1. The highest BCUT2D eigenvalue weighted by molar-refractivity contribution is 5.65. The Bertz CT molecular complexity index is 570. The molecule has 16 heavy (non-hydrogen) atoms. The Labute approximate surface area is 91.6 Å². The minimum absolute atomic E-state index is 0.164. The summed E-state index contributed by atoms with van der Waals surface area (Å²) in [5, 5.41) is 8.72. The first kappa shape index (κ1) is 10.3. The lowest BCUT2D eigenvalue weighted by molar-refractivity contribution is 0.603. The maximum Gasteiger partial charge on any atom is 0.131 e. The van der Waals surface area contributed by atoms with Gasteiger partial charge in [0.1, 0.15) is 11.6 Å². The molecule has 1 nitrogen and oxygen atoms in total. The number of nitrogens with zero attached hydrogens (tertiary/aromatic N) is 1. The quantitative estimate of drug-likeness (QED) is 0.714. The second-order valence-electron chi connectivity index (χ2n) is 3.32. The van der Waals surface area contributed by atoms with E-state index < -0.39 is 11.6 Å². The maximum atomic E-state index is 13.4. The predicted molar refractivity (Wildman–Crippen MR) is 56.5 cm³/mol. The van der Waals surface area contributed by atoms with E-state index in [4.69, 9.17) is 5.26 Å². The fraction of sp³-hybridized carbons (Fsp3) is 0. The van der Waals surface area contributed by atoms with Crippen LogP contribution < -0.4 is 0 Å². The van der Waals surface area contributed by atoms with Gasteiger partial charge >= 0.3 is 0 Å². The minimum Gasteiger partial charge on any atom is -0.207 e. The molecule has 0 radical (unpaired) electrons. The molecule has 0 aliphatic carbocycles. The zero-order valence-electron chi connectivity index (χ0n) is 8.24. The van der Waals surface area contributed by atoms with Gasteiger partial charge < -0.3 is 0 Å². The van der Waals surface area contributed by atoms with Crippen LogP contribution in [-0.2, 0) is 0 Å². The third-order valence-electron chi connectivity index (χ3n) is 2.23. The summed E-state index contributed by atoms with van der Waals surface area (Å²) in [6.45, 7) is 0. The monoisotopic (exact) mass is 215 g/mol. The molecule has 0 spiro atoms. The molecule has 0 fully saturated rings. The van der Waals surface area contributed by atoms with E-state index >= 15 is 0 Å². The van der Waals surface area contributed by atoms with Crippen molar-refractivity contribution in [3.05, 3.63) is 59.7 Å². The number of nitriles is 1. The van der Waals surface area contributed by atoms with Crippen LogP contribution in [0.2, 0.25) is 0 Å². The van der Waals surface area contributed by atoms with Gasteiger partial charge in [0.25, 0.3) is 0 Å². The van der Waals surface area contributed by atoms with Gasteiger partial charge in [-0.05, 0) is 35.9 Å². The Morgan fingerprint density at radius 1 is 1.00 bits per heavy atom. The third kappa shape index (κ3) is 1.91. The molecule has 2 aromatic carbocycles. The highest BCUT2D eigenvalue weighted by atomic mass is 19.1.